The molecule has 4 aromatic heterocycles. The number of morpholine rings is 1. The summed E-state index contributed by atoms with van der Waals surface area (Å²) in [5, 5.41) is 6.09. The van der Waals surface area contributed by atoms with Crippen LogP contribution in [0.2, 0.25) is 5.02 Å². The monoisotopic (exact) mass is 566 g/mol. The SMILES string of the molecule is CC(=O)Nc1cc(Oc2cnc3nc(Nc4cc(C)cn(CCCN5CCOCC5)c4=O)n(C)c3c2Cl)ccn1. The summed E-state index contributed by atoms with van der Waals surface area (Å²) in [6.45, 7) is 8.24. The van der Waals surface area contributed by atoms with Gasteiger partial charge in [0.05, 0.1) is 19.4 Å². The third-order valence-electron chi connectivity index (χ3n) is 6.51. The molecule has 1 aliphatic rings. The molecular formula is C27H31ClN8O4. The molecule has 4 aromatic rings. The minimum Gasteiger partial charge on any atom is -0.454 e. The number of anilines is 3. The zero-order chi connectivity index (χ0) is 28.2. The number of nitrogens with one attached hydrogen (secondary N) is 2. The number of rotatable bonds is 9. The van der Waals surface area contributed by atoms with Crippen LogP contribution in [0.25, 0.3) is 11.2 Å². The maximum absolute atomic E-state index is 13.3. The van der Waals surface area contributed by atoms with Crippen molar-refractivity contribution in [2.75, 3.05) is 43.5 Å². The number of nitrogens with zero attached hydrogens (tertiary/aromatic N) is 6. The molecule has 210 valence electrons. The van der Waals surface area contributed by atoms with Crippen LogP contribution in [0.3, 0.4) is 0 Å². The minimum atomic E-state index is -0.242. The zero-order valence-corrected chi connectivity index (χ0v) is 23.4. The van der Waals surface area contributed by atoms with Gasteiger partial charge in [-0.1, -0.05) is 11.6 Å². The predicted molar refractivity (Wildman–Crippen MR) is 153 cm³/mol. The first-order valence-electron chi connectivity index (χ1n) is 13.0. The molecule has 0 aliphatic carbocycles. The van der Waals surface area contributed by atoms with Crippen molar-refractivity contribution in [1.82, 2.24) is 29.0 Å². The molecule has 0 radical (unpaired) electrons. The van der Waals surface area contributed by atoms with E-state index in [-0.39, 0.29) is 11.5 Å². The highest BCUT2D eigenvalue weighted by Gasteiger charge is 2.18. The van der Waals surface area contributed by atoms with Crippen LogP contribution >= 0.6 is 11.6 Å². The van der Waals surface area contributed by atoms with Gasteiger partial charge in [0.1, 0.15) is 27.8 Å². The number of imidazole rings is 1. The summed E-state index contributed by atoms with van der Waals surface area (Å²) in [5.74, 6) is 1.26. The molecule has 5 rings (SSSR count). The number of hydrogen-bond donors (Lipinski definition) is 2. The van der Waals surface area contributed by atoms with Gasteiger partial charge in [-0.25, -0.2) is 9.97 Å². The molecule has 0 atom stereocenters. The first-order valence-corrected chi connectivity index (χ1v) is 13.4. The Kier molecular flexibility index (Phi) is 8.29. The van der Waals surface area contributed by atoms with Crippen LogP contribution in [0.4, 0.5) is 17.5 Å². The molecule has 0 aromatic carbocycles. The molecule has 13 heteroatoms. The van der Waals surface area contributed by atoms with Crippen LogP contribution in [-0.4, -0.2) is 67.7 Å². The van der Waals surface area contributed by atoms with Crippen molar-refractivity contribution in [2.24, 2.45) is 7.05 Å². The van der Waals surface area contributed by atoms with Gasteiger partial charge < -0.3 is 29.2 Å². The normalized spacial score (nSPS) is 13.9. The van der Waals surface area contributed by atoms with E-state index < -0.39 is 0 Å². The Labute approximate surface area is 235 Å². The molecule has 0 unspecified atom stereocenters. The Morgan fingerprint density at radius 3 is 2.77 bits per heavy atom. The highest BCUT2D eigenvalue weighted by Crippen LogP contribution is 2.35. The van der Waals surface area contributed by atoms with E-state index in [9.17, 15) is 9.59 Å². The maximum Gasteiger partial charge on any atom is 0.274 e. The molecular weight excluding hydrogens is 536 g/mol. The van der Waals surface area contributed by atoms with Crippen LogP contribution < -0.4 is 20.9 Å². The van der Waals surface area contributed by atoms with Crippen molar-refractivity contribution in [3.8, 4) is 11.5 Å². The second-order valence-corrected chi connectivity index (χ2v) is 10.0. The number of carbonyl (C=O) groups excluding carboxylic acids is 1. The van der Waals surface area contributed by atoms with Crippen molar-refractivity contribution < 1.29 is 14.3 Å². The molecule has 2 N–H and O–H groups in total. The molecule has 0 saturated carbocycles. The average molecular weight is 567 g/mol. The van der Waals surface area contributed by atoms with E-state index >= 15 is 0 Å². The lowest BCUT2D eigenvalue weighted by Gasteiger charge is -2.26. The van der Waals surface area contributed by atoms with Crippen LogP contribution in [0, 0.1) is 6.92 Å². The largest absolute Gasteiger partial charge is 0.454 e. The number of ether oxygens (including phenoxy) is 2. The number of aromatic nitrogens is 5. The van der Waals surface area contributed by atoms with Crippen LogP contribution in [0.5, 0.6) is 11.5 Å². The molecule has 0 bridgehead atoms. The molecule has 0 spiro atoms. The van der Waals surface area contributed by atoms with E-state index in [4.69, 9.17) is 21.1 Å². The van der Waals surface area contributed by atoms with Gasteiger partial charge in [-0.15, -0.1) is 0 Å². The lowest BCUT2D eigenvalue weighted by atomic mass is 10.2. The zero-order valence-electron chi connectivity index (χ0n) is 22.6. The predicted octanol–water partition coefficient (Wildman–Crippen LogP) is 3.70. The number of aryl methyl sites for hydroxylation is 3. The van der Waals surface area contributed by atoms with Crippen molar-refractivity contribution in [3.05, 3.63) is 57.7 Å². The molecule has 12 nitrogen and oxygen atoms in total. The Bertz CT molecular complexity index is 1600. The van der Waals surface area contributed by atoms with Gasteiger partial charge in [-0.05, 0) is 31.0 Å². The lowest BCUT2D eigenvalue weighted by Crippen LogP contribution is -2.37. The molecule has 1 amide bonds. The van der Waals surface area contributed by atoms with Gasteiger partial charge in [0.25, 0.3) is 5.56 Å². The topological polar surface area (TPSA) is 128 Å². The maximum atomic E-state index is 13.3. The van der Waals surface area contributed by atoms with Crippen molar-refractivity contribution >= 4 is 46.1 Å². The summed E-state index contributed by atoms with van der Waals surface area (Å²) in [5.41, 5.74) is 2.18. The summed E-state index contributed by atoms with van der Waals surface area (Å²) < 4.78 is 14.8. The van der Waals surface area contributed by atoms with Crippen molar-refractivity contribution in [3.63, 3.8) is 0 Å². The van der Waals surface area contributed by atoms with Gasteiger partial charge >= 0.3 is 0 Å². The van der Waals surface area contributed by atoms with E-state index in [1.54, 1.807) is 34.4 Å². The number of fused-ring (bicyclic) bond motifs is 1. The molecule has 1 fully saturated rings. The summed E-state index contributed by atoms with van der Waals surface area (Å²) in [6, 6.07) is 5.04. The Morgan fingerprint density at radius 2 is 2.00 bits per heavy atom. The highest BCUT2D eigenvalue weighted by atomic mass is 35.5. The fourth-order valence-electron chi connectivity index (χ4n) is 4.60. The number of carbonyl (C=O) groups is 1. The highest BCUT2D eigenvalue weighted by molar-refractivity contribution is 6.36. The Morgan fingerprint density at radius 1 is 1.20 bits per heavy atom. The third-order valence-corrected chi connectivity index (χ3v) is 6.88. The van der Waals surface area contributed by atoms with Crippen LogP contribution in [-0.2, 0) is 23.1 Å². The lowest BCUT2D eigenvalue weighted by molar-refractivity contribution is -0.114. The standard InChI is InChI=1S/C27H31ClN8O4/c1-17-13-20(26(38)36(16-17)8-4-7-35-9-11-39-12-10-35)32-27-33-25-24(34(27)3)23(28)21(15-30-25)40-19-5-6-29-22(14-19)31-18(2)37/h5-6,13-16H,4,7-12H2,1-3H3,(H,29,31,37)(H,30,32,33). The van der Waals surface area contributed by atoms with Crippen LogP contribution in [0.15, 0.2) is 41.6 Å². The minimum absolute atomic E-state index is 0.129. The summed E-state index contributed by atoms with van der Waals surface area (Å²) in [7, 11) is 1.78. The third kappa shape index (κ3) is 6.24. The van der Waals surface area contributed by atoms with E-state index in [1.165, 1.54) is 19.3 Å². The summed E-state index contributed by atoms with van der Waals surface area (Å²) in [6.07, 6.45) is 5.74. The second-order valence-electron chi connectivity index (χ2n) is 9.63. The average Bonchev–Trinajstić information content (AvgIpc) is 3.24. The molecule has 1 saturated heterocycles. The summed E-state index contributed by atoms with van der Waals surface area (Å²) >= 11 is 6.72. The molecule has 5 heterocycles. The first kappa shape index (κ1) is 27.6. The number of halogens is 1. The number of amides is 1. The Hall–Kier alpha value is -4.00. The number of hydrogen-bond acceptors (Lipinski definition) is 9. The number of pyridine rings is 3. The van der Waals surface area contributed by atoms with E-state index in [0.29, 0.717) is 51.7 Å². The smallest absolute Gasteiger partial charge is 0.274 e. The van der Waals surface area contributed by atoms with E-state index in [2.05, 4.69) is 30.5 Å². The quantitative estimate of drug-likeness (QED) is 0.311. The molecule has 1 aliphatic heterocycles. The fourth-order valence-corrected chi connectivity index (χ4v) is 4.90. The van der Waals surface area contributed by atoms with Gasteiger partial charge in [-0.2, -0.15) is 4.98 Å². The second kappa shape index (κ2) is 12.0. The van der Waals surface area contributed by atoms with Crippen LogP contribution in [0.1, 0.15) is 18.9 Å². The Balaban J connectivity index is 1.35. The van der Waals surface area contributed by atoms with Crippen molar-refractivity contribution in [1.29, 1.82) is 0 Å². The summed E-state index contributed by atoms with van der Waals surface area (Å²) in [4.78, 5) is 40.1. The van der Waals surface area contributed by atoms with Gasteiger partial charge in [0.15, 0.2) is 11.4 Å². The van der Waals surface area contributed by atoms with Gasteiger partial charge in [0.2, 0.25) is 11.9 Å². The van der Waals surface area contributed by atoms with E-state index in [1.807, 2.05) is 13.1 Å². The molecule has 40 heavy (non-hydrogen) atoms. The van der Waals surface area contributed by atoms with Gasteiger partial charge in [-0.3, -0.25) is 14.5 Å². The fraction of sp³-hybridized carbons (Fsp3) is 0.370. The first-order chi connectivity index (χ1) is 19.3. The van der Waals surface area contributed by atoms with E-state index in [0.717, 1.165) is 44.8 Å². The van der Waals surface area contributed by atoms with Crippen molar-refractivity contribution in [2.45, 2.75) is 26.8 Å². The van der Waals surface area contributed by atoms with Gasteiger partial charge in [0, 0.05) is 58.6 Å².